The molecule has 1 N–H and O–H groups in total. The molecule has 0 saturated carbocycles. The summed E-state index contributed by atoms with van der Waals surface area (Å²) in [4.78, 5) is 0. The molecule has 0 aromatic rings. The fourth-order valence-corrected chi connectivity index (χ4v) is 1.13. The van der Waals surface area contributed by atoms with Gasteiger partial charge in [0.25, 0.3) is 0 Å². The Balaban J connectivity index is 0.000000561. The van der Waals surface area contributed by atoms with Gasteiger partial charge in [0.05, 0.1) is 6.61 Å². The maximum atomic E-state index is 5.21. The van der Waals surface area contributed by atoms with Crippen LogP contribution in [-0.2, 0) is 4.74 Å². The molecule has 1 rings (SSSR count). The molecule has 12 heavy (non-hydrogen) atoms. The van der Waals surface area contributed by atoms with Gasteiger partial charge in [-0.15, -0.1) is 0 Å². The molecule has 0 aliphatic carbocycles. The molecule has 0 radical (unpaired) electrons. The largest absolute Gasteiger partial charge is 0.499 e. The lowest BCUT2D eigenvalue weighted by molar-refractivity contribution is 0.241. The van der Waals surface area contributed by atoms with Crippen LogP contribution in [0.3, 0.4) is 0 Å². The van der Waals surface area contributed by atoms with Gasteiger partial charge in [-0.1, -0.05) is 20.8 Å². The molecule has 1 aliphatic rings. The zero-order valence-electron chi connectivity index (χ0n) is 8.68. The highest BCUT2D eigenvalue weighted by Crippen LogP contribution is 2.05. The first kappa shape index (κ1) is 11.3. The monoisotopic (exact) mass is 171 g/mol. The normalized spacial score (nSPS) is 22.0. The van der Waals surface area contributed by atoms with Crippen LogP contribution in [0.4, 0.5) is 0 Å². The third kappa shape index (κ3) is 4.27. The second-order valence-corrected chi connectivity index (χ2v) is 2.71. The van der Waals surface area contributed by atoms with Crippen LogP contribution in [0.25, 0.3) is 0 Å². The zero-order chi connectivity index (χ0) is 9.40. The molecular formula is C10H21NO. The summed E-state index contributed by atoms with van der Waals surface area (Å²) >= 11 is 0. The molecule has 0 aromatic carbocycles. The van der Waals surface area contributed by atoms with Crippen molar-refractivity contribution in [1.82, 2.24) is 5.32 Å². The Labute approximate surface area is 76.0 Å². The SMILES string of the molecule is CC.CCC1CCOC=C(C)N1. The van der Waals surface area contributed by atoms with E-state index in [0.717, 1.165) is 18.7 Å². The van der Waals surface area contributed by atoms with Crippen molar-refractivity contribution in [3.8, 4) is 0 Å². The highest BCUT2D eigenvalue weighted by atomic mass is 16.5. The Morgan fingerprint density at radius 3 is 2.83 bits per heavy atom. The summed E-state index contributed by atoms with van der Waals surface area (Å²) in [5.41, 5.74) is 1.14. The minimum Gasteiger partial charge on any atom is -0.499 e. The molecular weight excluding hydrogens is 150 g/mol. The van der Waals surface area contributed by atoms with Crippen LogP contribution in [0.15, 0.2) is 12.0 Å². The average molecular weight is 171 g/mol. The van der Waals surface area contributed by atoms with Crippen molar-refractivity contribution < 1.29 is 4.74 Å². The molecule has 0 aromatic heterocycles. The lowest BCUT2D eigenvalue weighted by Gasteiger charge is -2.13. The van der Waals surface area contributed by atoms with E-state index >= 15 is 0 Å². The third-order valence-corrected chi connectivity index (χ3v) is 1.77. The van der Waals surface area contributed by atoms with Gasteiger partial charge < -0.3 is 10.1 Å². The van der Waals surface area contributed by atoms with Crippen LogP contribution in [0.1, 0.15) is 40.5 Å². The van der Waals surface area contributed by atoms with Gasteiger partial charge in [0.1, 0.15) is 6.26 Å². The number of ether oxygens (including phenoxy) is 1. The van der Waals surface area contributed by atoms with Crippen molar-refractivity contribution in [2.75, 3.05) is 6.61 Å². The molecule has 0 spiro atoms. The van der Waals surface area contributed by atoms with E-state index in [0.29, 0.717) is 6.04 Å². The smallest absolute Gasteiger partial charge is 0.101 e. The minimum atomic E-state index is 0.610. The van der Waals surface area contributed by atoms with Crippen LogP contribution in [0.2, 0.25) is 0 Å². The summed E-state index contributed by atoms with van der Waals surface area (Å²) in [6.45, 7) is 9.08. The Hall–Kier alpha value is -0.660. The van der Waals surface area contributed by atoms with E-state index in [1.807, 2.05) is 20.8 Å². The molecule has 1 heterocycles. The fraction of sp³-hybridized carbons (Fsp3) is 0.800. The van der Waals surface area contributed by atoms with E-state index in [9.17, 15) is 0 Å². The predicted molar refractivity (Wildman–Crippen MR) is 52.9 cm³/mol. The standard InChI is InChI=1S/C8H15NO.C2H6/c1-3-8-4-5-10-6-7(2)9-8;1-2/h6,8-9H,3-5H2,1-2H3;1-2H3. The van der Waals surface area contributed by atoms with E-state index in [-0.39, 0.29) is 0 Å². The molecule has 72 valence electrons. The molecule has 1 aliphatic heterocycles. The van der Waals surface area contributed by atoms with Crippen LogP contribution < -0.4 is 5.32 Å². The first-order valence-corrected chi connectivity index (χ1v) is 4.88. The summed E-state index contributed by atoms with van der Waals surface area (Å²) in [5, 5.41) is 3.36. The van der Waals surface area contributed by atoms with Gasteiger partial charge in [0.15, 0.2) is 0 Å². The minimum absolute atomic E-state index is 0.610. The van der Waals surface area contributed by atoms with Crippen molar-refractivity contribution in [2.24, 2.45) is 0 Å². The topological polar surface area (TPSA) is 21.3 Å². The number of rotatable bonds is 1. The molecule has 0 bridgehead atoms. The second kappa shape index (κ2) is 7.01. The molecule has 0 amide bonds. The Kier molecular flexibility index (Phi) is 6.63. The Morgan fingerprint density at radius 1 is 1.58 bits per heavy atom. The Morgan fingerprint density at radius 2 is 2.25 bits per heavy atom. The van der Waals surface area contributed by atoms with E-state index in [1.54, 1.807) is 6.26 Å². The lowest BCUT2D eigenvalue weighted by atomic mass is 10.1. The van der Waals surface area contributed by atoms with Crippen LogP contribution in [0, 0.1) is 0 Å². The first-order valence-electron chi connectivity index (χ1n) is 4.88. The molecule has 1 atom stereocenters. The van der Waals surface area contributed by atoms with Crippen molar-refractivity contribution in [1.29, 1.82) is 0 Å². The van der Waals surface area contributed by atoms with Gasteiger partial charge in [-0.25, -0.2) is 0 Å². The second-order valence-electron chi connectivity index (χ2n) is 2.71. The molecule has 2 nitrogen and oxygen atoms in total. The van der Waals surface area contributed by atoms with Gasteiger partial charge in [-0.3, -0.25) is 0 Å². The van der Waals surface area contributed by atoms with Crippen molar-refractivity contribution in [3.63, 3.8) is 0 Å². The van der Waals surface area contributed by atoms with Crippen molar-refractivity contribution in [2.45, 2.75) is 46.6 Å². The maximum absolute atomic E-state index is 5.21. The quantitative estimate of drug-likeness (QED) is 0.655. The number of nitrogens with one attached hydrogen (secondary N) is 1. The molecule has 1 unspecified atom stereocenters. The van der Waals surface area contributed by atoms with Crippen molar-refractivity contribution in [3.05, 3.63) is 12.0 Å². The summed E-state index contributed by atoms with van der Waals surface area (Å²) in [6, 6.07) is 0.610. The van der Waals surface area contributed by atoms with Gasteiger partial charge in [0, 0.05) is 18.2 Å². The summed E-state index contributed by atoms with van der Waals surface area (Å²) in [5.74, 6) is 0. The highest BCUT2D eigenvalue weighted by molar-refractivity contribution is 4.94. The van der Waals surface area contributed by atoms with Crippen molar-refractivity contribution >= 4 is 0 Å². The highest BCUT2D eigenvalue weighted by Gasteiger charge is 2.07. The molecule has 0 fully saturated rings. The summed E-state index contributed by atoms with van der Waals surface area (Å²) < 4.78 is 5.21. The van der Waals surface area contributed by atoms with E-state index in [2.05, 4.69) is 12.2 Å². The maximum Gasteiger partial charge on any atom is 0.101 e. The molecule has 0 saturated heterocycles. The van der Waals surface area contributed by atoms with Gasteiger partial charge in [-0.05, 0) is 13.3 Å². The lowest BCUT2D eigenvalue weighted by Crippen LogP contribution is -2.25. The van der Waals surface area contributed by atoms with Gasteiger partial charge in [-0.2, -0.15) is 0 Å². The summed E-state index contributed by atoms with van der Waals surface area (Å²) in [6.07, 6.45) is 4.09. The zero-order valence-corrected chi connectivity index (χ0v) is 8.68. The third-order valence-electron chi connectivity index (χ3n) is 1.77. The fourth-order valence-electron chi connectivity index (χ4n) is 1.13. The van der Waals surface area contributed by atoms with Crippen LogP contribution in [-0.4, -0.2) is 12.6 Å². The number of allylic oxidation sites excluding steroid dienone is 1. The molecule has 2 heteroatoms. The number of hydrogen-bond acceptors (Lipinski definition) is 2. The van der Waals surface area contributed by atoms with Crippen LogP contribution >= 0.6 is 0 Å². The first-order chi connectivity index (χ1) is 5.83. The predicted octanol–water partition coefficient (Wildman–Crippen LogP) is 2.66. The Bertz CT molecular complexity index is 132. The average Bonchev–Trinajstić information content (AvgIpc) is 2.33. The number of hydrogen-bond donors (Lipinski definition) is 1. The van der Waals surface area contributed by atoms with E-state index in [1.165, 1.54) is 6.42 Å². The van der Waals surface area contributed by atoms with E-state index < -0.39 is 0 Å². The van der Waals surface area contributed by atoms with E-state index in [4.69, 9.17) is 4.74 Å². The van der Waals surface area contributed by atoms with Gasteiger partial charge >= 0.3 is 0 Å². The summed E-state index contributed by atoms with van der Waals surface area (Å²) in [7, 11) is 0. The van der Waals surface area contributed by atoms with Gasteiger partial charge in [0.2, 0.25) is 0 Å². The van der Waals surface area contributed by atoms with Crippen LogP contribution in [0.5, 0.6) is 0 Å².